The third kappa shape index (κ3) is 4.31. The van der Waals surface area contributed by atoms with Crippen molar-refractivity contribution in [1.82, 2.24) is 9.47 Å². The molecular formula is C25H29N3O5S. The predicted molar refractivity (Wildman–Crippen MR) is 135 cm³/mol. The zero-order valence-electron chi connectivity index (χ0n) is 20.0. The van der Waals surface area contributed by atoms with Crippen molar-refractivity contribution in [3.63, 3.8) is 0 Å². The van der Waals surface area contributed by atoms with Crippen molar-refractivity contribution >= 4 is 23.0 Å². The molecule has 9 heteroatoms. The average molecular weight is 484 g/mol. The van der Waals surface area contributed by atoms with E-state index in [2.05, 4.69) is 27.0 Å². The molecule has 1 aromatic heterocycles. The molecule has 0 saturated heterocycles. The molecule has 180 valence electrons. The standard InChI is InChI=1S/C25H29N3O5S/c1-29-17-8-9-20(30-2)18(15-17)26-25(34)28-12-11-27-10-6-7-19(27)23(28)16-13-21(31-3)24(33-5)22(14-16)32-4/h6-10,13-15,23H,11-12H2,1-5H3,(H,26,34). The maximum Gasteiger partial charge on any atom is 0.203 e. The van der Waals surface area contributed by atoms with Crippen LogP contribution in [0.3, 0.4) is 0 Å². The van der Waals surface area contributed by atoms with Gasteiger partial charge in [0.05, 0.1) is 47.3 Å². The summed E-state index contributed by atoms with van der Waals surface area (Å²) in [5, 5.41) is 3.93. The smallest absolute Gasteiger partial charge is 0.203 e. The summed E-state index contributed by atoms with van der Waals surface area (Å²) in [6.07, 6.45) is 2.08. The molecule has 3 aromatic rings. The summed E-state index contributed by atoms with van der Waals surface area (Å²) in [6.45, 7) is 1.52. The largest absolute Gasteiger partial charge is 0.497 e. The fraction of sp³-hybridized carbons (Fsp3) is 0.320. The van der Waals surface area contributed by atoms with Gasteiger partial charge in [-0.2, -0.15) is 0 Å². The third-order valence-electron chi connectivity index (χ3n) is 5.95. The van der Waals surface area contributed by atoms with E-state index in [0.717, 1.165) is 23.5 Å². The first-order valence-corrected chi connectivity index (χ1v) is 11.2. The number of aromatic nitrogens is 1. The minimum Gasteiger partial charge on any atom is -0.497 e. The lowest BCUT2D eigenvalue weighted by Crippen LogP contribution is -2.44. The lowest BCUT2D eigenvalue weighted by molar-refractivity contribution is 0.288. The lowest BCUT2D eigenvalue weighted by atomic mass is 9.99. The van der Waals surface area contributed by atoms with Crippen molar-refractivity contribution in [3.8, 4) is 28.7 Å². The number of nitrogens with zero attached hydrogens (tertiary/aromatic N) is 2. The van der Waals surface area contributed by atoms with Crippen molar-refractivity contribution in [2.45, 2.75) is 12.6 Å². The number of fused-ring (bicyclic) bond motifs is 1. The average Bonchev–Trinajstić information content (AvgIpc) is 3.36. The van der Waals surface area contributed by atoms with Crippen LogP contribution < -0.4 is 29.0 Å². The number of rotatable bonds is 7. The Kier molecular flexibility index (Phi) is 7.02. The second kappa shape index (κ2) is 10.1. The van der Waals surface area contributed by atoms with Gasteiger partial charge in [-0.1, -0.05) is 0 Å². The van der Waals surface area contributed by atoms with Crippen LogP contribution in [0.15, 0.2) is 48.7 Å². The SMILES string of the molecule is COc1ccc(OC)c(NC(=S)N2CCn3cccc3C2c2cc(OC)c(OC)c(OC)c2)c1. The predicted octanol–water partition coefficient (Wildman–Crippen LogP) is 4.33. The fourth-order valence-electron chi connectivity index (χ4n) is 4.31. The van der Waals surface area contributed by atoms with Crippen LogP contribution in [0.25, 0.3) is 0 Å². The molecule has 0 fully saturated rings. The van der Waals surface area contributed by atoms with Crippen LogP contribution in [0.5, 0.6) is 28.7 Å². The van der Waals surface area contributed by atoms with Gasteiger partial charge in [-0.05, 0) is 54.2 Å². The summed E-state index contributed by atoms with van der Waals surface area (Å²) >= 11 is 5.92. The fourth-order valence-corrected chi connectivity index (χ4v) is 4.62. The Balaban J connectivity index is 1.76. The third-order valence-corrected chi connectivity index (χ3v) is 6.29. The molecule has 2 aromatic carbocycles. The maximum atomic E-state index is 5.92. The Hall–Kier alpha value is -3.59. The molecular weight excluding hydrogens is 454 g/mol. The summed E-state index contributed by atoms with van der Waals surface area (Å²) in [5.41, 5.74) is 2.81. The molecule has 0 spiro atoms. The van der Waals surface area contributed by atoms with Crippen LogP contribution in [0.1, 0.15) is 17.3 Å². The van der Waals surface area contributed by atoms with E-state index >= 15 is 0 Å². The Morgan fingerprint density at radius 3 is 2.18 bits per heavy atom. The van der Waals surface area contributed by atoms with Crippen LogP contribution in [0.4, 0.5) is 5.69 Å². The molecule has 1 N–H and O–H groups in total. The first-order chi connectivity index (χ1) is 16.5. The van der Waals surface area contributed by atoms with Crippen molar-refractivity contribution < 1.29 is 23.7 Å². The molecule has 0 aliphatic carbocycles. The highest BCUT2D eigenvalue weighted by atomic mass is 32.1. The monoisotopic (exact) mass is 483 g/mol. The van der Waals surface area contributed by atoms with Crippen LogP contribution in [0.2, 0.25) is 0 Å². The lowest BCUT2D eigenvalue weighted by Gasteiger charge is -2.39. The second-order valence-corrected chi connectivity index (χ2v) is 8.06. The van der Waals surface area contributed by atoms with Gasteiger partial charge in [0.2, 0.25) is 5.75 Å². The Morgan fingerprint density at radius 2 is 1.56 bits per heavy atom. The van der Waals surface area contributed by atoms with Crippen LogP contribution in [-0.2, 0) is 6.54 Å². The van der Waals surface area contributed by atoms with Crippen LogP contribution >= 0.6 is 12.2 Å². The van der Waals surface area contributed by atoms with Gasteiger partial charge in [-0.25, -0.2) is 0 Å². The van der Waals surface area contributed by atoms with E-state index in [0.29, 0.717) is 40.4 Å². The van der Waals surface area contributed by atoms with Gasteiger partial charge in [0, 0.05) is 31.0 Å². The van der Waals surface area contributed by atoms with E-state index in [1.165, 1.54) is 0 Å². The number of ether oxygens (including phenoxy) is 5. The van der Waals surface area contributed by atoms with Gasteiger partial charge in [0.25, 0.3) is 0 Å². The number of hydrogen-bond donors (Lipinski definition) is 1. The Morgan fingerprint density at radius 1 is 0.853 bits per heavy atom. The van der Waals surface area contributed by atoms with Gasteiger partial charge in [-0.15, -0.1) is 0 Å². The number of benzene rings is 2. The minimum atomic E-state index is -0.172. The van der Waals surface area contributed by atoms with Gasteiger partial charge >= 0.3 is 0 Å². The molecule has 1 aliphatic heterocycles. The highest BCUT2D eigenvalue weighted by Gasteiger charge is 2.32. The van der Waals surface area contributed by atoms with Crippen molar-refractivity contribution in [2.24, 2.45) is 0 Å². The first-order valence-electron chi connectivity index (χ1n) is 10.8. The van der Waals surface area contributed by atoms with Crippen molar-refractivity contribution in [1.29, 1.82) is 0 Å². The Labute approximate surface area is 204 Å². The number of anilines is 1. The zero-order chi connectivity index (χ0) is 24.2. The van der Waals surface area contributed by atoms with E-state index in [1.807, 2.05) is 36.4 Å². The number of nitrogens with one attached hydrogen (secondary N) is 1. The number of thiocarbonyl (C=S) groups is 1. The van der Waals surface area contributed by atoms with E-state index in [4.69, 9.17) is 35.9 Å². The zero-order valence-corrected chi connectivity index (χ0v) is 20.8. The molecule has 34 heavy (non-hydrogen) atoms. The molecule has 8 nitrogen and oxygen atoms in total. The van der Waals surface area contributed by atoms with E-state index in [-0.39, 0.29) is 6.04 Å². The summed E-state index contributed by atoms with van der Waals surface area (Å²) in [4.78, 5) is 2.16. The molecule has 0 bridgehead atoms. The minimum absolute atomic E-state index is 0.172. The molecule has 0 amide bonds. The molecule has 1 unspecified atom stereocenters. The van der Waals surface area contributed by atoms with Crippen LogP contribution in [0, 0.1) is 0 Å². The summed E-state index contributed by atoms with van der Waals surface area (Å²) in [7, 11) is 8.08. The quantitative estimate of drug-likeness (QED) is 0.498. The number of methoxy groups -OCH3 is 5. The second-order valence-electron chi connectivity index (χ2n) is 7.68. The molecule has 2 heterocycles. The summed E-state index contributed by atoms with van der Waals surface area (Å²) in [6, 6.07) is 13.5. The summed E-state index contributed by atoms with van der Waals surface area (Å²) in [5.74, 6) is 3.11. The number of hydrogen-bond acceptors (Lipinski definition) is 6. The normalized spacial score (nSPS) is 14.7. The molecule has 0 saturated carbocycles. The van der Waals surface area contributed by atoms with Crippen molar-refractivity contribution in [3.05, 3.63) is 59.9 Å². The topological polar surface area (TPSA) is 66.4 Å². The molecule has 0 radical (unpaired) electrons. The summed E-state index contributed by atoms with van der Waals surface area (Å²) < 4.78 is 29.9. The molecule has 1 atom stereocenters. The van der Waals surface area contributed by atoms with E-state index in [9.17, 15) is 0 Å². The first kappa shape index (κ1) is 23.6. The van der Waals surface area contributed by atoms with Crippen molar-refractivity contribution in [2.75, 3.05) is 47.4 Å². The highest BCUT2D eigenvalue weighted by molar-refractivity contribution is 7.80. The van der Waals surface area contributed by atoms with Gasteiger partial charge in [-0.3, -0.25) is 0 Å². The van der Waals surface area contributed by atoms with Gasteiger partial charge in [0.15, 0.2) is 16.6 Å². The maximum absolute atomic E-state index is 5.92. The molecule has 1 aliphatic rings. The van der Waals surface area contributed by atoms with Gasteiger partial charge < -0.3 is 38.5 Å². The van der Waals surface area contributed by atoms with Gasteiger partial charge in [0.1, 0.15) is 11.5 Å². The highest BCUT2D eigenvalue weighted by Crippen LogP contribution is 2.43. The molecule has 4 rings (SSSR count). The Bertz CT molecular complexity index is 1150. The van der Waals surface area contributed by atoms with E-state index in [1.54, 1.807) is 35.5 Å². The van der Waals surface area contributed by atoms with Crippen LogP contribution in [-0.4, -0.2) is 56.7 Å². The van der Waals surface area contributed by atoms with E-state index < -0.39 is 0 Å².